The van der Waals surface area contributed by atoms with Crippen molar-refractivity contribution in [2.45, 2.75) is 19.1 Å². The van der Waals surface area contributed by atoms with Gasteiger partial charge in [0.1, 0.15) is 5.75 Å². The molecule has 1 aromatic rings. The molecule has 1 saturated heterocycles. The molecular weight excluding hydrogens is 282 g/mol. The highest BCUT2D eigenvalue weighted by Crippen LogP contribution is 2.33. The van der Waals surface area contributed by atoms with Crippen LogP contribution in [-0.4, -0.2) is 48.4 Å². The molecule has 1 aromatic carbocycles. The second-order valence-corrected chi connectivity index (χ2v) is 5.52. The molecule has 0 aliphatic carbocycles. The summed E-state index contributed by atoms with van der Waals surface area (Å²) in [6.07, 6.45) is 0.126. The maximum atomic E-state index is 11.0. The SMILES string of the molecule is O=C(O)C1CN(Cc2cc(Cl)cc3c2OCC3)CCO1. The van der Waals surface area contributed by atoms with E-state index in [0.717, 1.165) is 23.3 Å². The molecule has 0 aromatic heterocycles. The van der Waals surface area contributed by atoms with Crippen LogP contribution in [0.25, 0.3) is 0 Å². The summed E-state index contributed by atoms with van der Waals surface area (Å²) in [5.41, 5.74) is 2.16. The van der Waals surface area contributed by atoms with Crippen molar-refractivity contribution >= 4 is 17.6 Å². The van der Waals surface area contributed by atoms with Crippen molar-refractivity contribution < 1.29 is 19.4 Å². The Labute approximate surface area is 122 Å². The van der Waals surface area contributed by atoms with Gasteiger partial charge >= 0.3 is 5.97 Å². The molecule has 0 radical (unpaired) electrons. The standard InChI is InChI=1S/C14H16ClNO4/c15-11-5-9-1-3-20-13(9)10(6-11)7-16-2-4-19-12(8-16)14(17)18/h5-6,12H,1-4,7-8H2,(H,17,18). The molecule has 5 nitrogen and oxygen atoms in total. The lowest BCUT2D eigenvalue weighted by atomic mass is 10.1. The van der Waals surface area contributed by atoms with E-state index in [-0.39, 0.29) is 0 Å². The van der Waals surface area contributed by atoms with Gasteiger partial charge in [-0.2, -0.15) is 0 Å². The van der Waals surface area contributed by atoms with E-state index < -0.39 is 12.1 Å². The van der Waals surface area contributed by atoms with Gasteiger partial charge in [0.15, 0.2) is 6.10 Å². The lowest BCUT2D eigenvalue weighted by Gasteiger charge is -2.31. The topological polar surface area (TPSA) is 59.0 Å². The lowest BCUT2D eigenvalue weighted by Crippen LogP contribution is -2.45. The van der Waals surface area contributed by atoms with Gasteiger partial charge in [0.05, 0.1) is 13.2 Å². The molecule has 0 spiro atoms. The van der Waals surface area contributed by atoms with Crippen molar-refractivity contribution in [2.75, 3.05) is 26.3 Å². The van der Waals surface area contributed by atoms with Gasteiger partial charge in [-0.1, -0.05) is 11.6 Å². The van der Waals surface area contributed by atoms with Gasteiger partial charge in [-0.15, -0.1) is 0 Å². The number of rotatable bonds is 3. The predicted octanol–water partition coefficient (Wildman–Crippen LogP) is 1.56. The van der Waals surface area contributed by atoms with Gasteiger partial charge in [0.2, 0.25) is 0 Å². The lowest BCUT2D eigenvalue weighted by molar-refractivity contribution is -0.156. The molecule has 20 heavy (non-hydrogen) atoms. The highest BCUT2D eigenvalue weighted by molar-refractivity contribution is 6.30. The molecular formula is C14H16ClNO4. The molecule has 0 amide bonds. The monoisotopic (exact) mass is 297 g/mol. The number of carbonyl (C=O) groups is 1. The summed E-state index contributed by atoms with van der Waals surface area (Å²) in [5.74, 6) is -0.00459. The third-order valence-corrected chi connectivity index (χ3v) is 3.86. The van der Waals surface area contributed by atoms with Crippen LogP contribution in [0.4, 0.5) is 0 Å². The van der Waals surface area contributed by atoms with Crippen molar-refractivity contribution in [3.8, 4) is 5.75 Å². The quantitative estimate of drug-likeness (QED) is 0.917. The molecule has 6 heteroatoms. The summed E-state index contributed by atoms with van der Waals surface area (Å²) in [7, 11) is 0. The van der Waals surface area contributed by atoms with Crippen LogP contribution in [0.2, 0.25) is 5.02 Å². The number of carboxylic acids is 1. The van der Waals surface area contributed by atoms with Gasteiger partial charge in [-0.3, -0.25) is 4.90 Å². The number of nitrogens with zero attached hydrogens (tertiary/aromatic N) is 1. The number of hydrogen-bond donors (Lipinski definition) is 1. The Kier molecular flexibility index (Phi) is 3.83. The number of ether oxygens (including phenoxy) is 2. The maximum Gasteiger partial charge on any atom is 0.334 e. The van der Waals surface area contributed by atoms with E-state index in [1.807, 2.05) is 12.1 Å². The normalized spacial score (nSPS) is 22.4. The molecule has 1 N–H and O–H groups in total. The third-order valence-electron chi connectivity index (χ3n) is 3.65. The van der Waals surface area contributed by atoms with Crippen LogP contribution in [0.15, 0.2) is 12.1 Å². The van der Waals surface area contributed by atoms with Gasteiger partial charge < -0.3 is 14.6 Å². The van der Waals surface area contributed by atoms with Gasteiger partial charge in [-0.25, -0.2) is 4.79 Å². The zero-order valence-corrected chi connectivity index (χ0v) is 11.7. The first kappa shape index (κ1) is 13.7. The van der Waals surface area contributed by atoms with Crippen molar-refractivity contribution in [1.82, 2.24) is 4.90 Å². The van der Waals surface area contributed by atoms with E-state index in [2.05, 4.69) is 4.90 Å². The molecule has 1 fully saturated rings. The first-order chi connectivity index (χ1) is 9.63. The zero-order valence-electron chi connectivity index (χ0n) is 11.0. The van der Waals surface area contributed by atoms with E-state index in [0.29, 0.717) is 37.9 Å². The minimum Gasteiger partial charge on any atom is -0.493 e. The summed E-state index contributed by atoms with van der Waals surface area (Å²) in [5, 5.41) is 9.72. The Hall–Kier alpha value is -1.30. The van der Waals surface area contributed by atoms with Crippen LogP contribution >= 0.6 is 11.6 Å². The van der Waals surface area contributed by atoms with Crippen molar-refractivity contribution in [3.05, 3.63) is 28.3 Å². The first-order valence-electron chi connectivity index (χ1n) is 6.64. The van der Waals surface area contributed by atoms with Gasteiger partial charge in [0, 0.05) is 36.6 Å². The van der Waals surface area contributed by atoms with Gasteiger partial charge in [0.25, 0.3) is 0 Å². The highest BCUT2D eigenvalue weighted by Gasteiger charge is 2.27. The van der Waals surface area contributed by atoms with Crippen LogP contribution in [0.1, 0.15) is 11.1 Å². The van der Waals surface area contributed by atoms with E-state index in [1.54, 1.807) is 0 Å². The number of morpholine rings is 1. The van der Waals surface area contributed by atoms with Crippen molar-refractivity contribution in [1.29, 1.82) is 0 Å². The summed E-state index contributed by atoms with van der Waals surface area (Å²) in [4.78, 5) is 13.1. The maximum absolute atomic E-state index is 11.0. The van der Waals surface area contributed by atoms with Crippen molar-refractivity contribution in [2.24, 2.45) is 0 Å². The number of carboxylic acid groups (broad SMARTS) is 1. The zero-order chi connectivity index (χ0) is 14.1. The predicted molar refractivity (Wildman–Crippen MR) is 73.3 cm³/mol. The molecule has 3 rings (SSSR count). The smallest absolute Gasteiger partial charge is 0.334 e. The largest absolute Gasteiger partial charge is 0.493 e. The van der Waals surface area contributed by atoms with Crippen molar-refractivity contribution in [3.63, 3.8) is 0 Å². The minimum absolute atomic E-state index is 0.386. The fourth-order valence-corrected chi connectivity index (χ4v) is 2.96. The Bertz CT molecular complexity index is 534. The minimum atomic E-state index is -0.915. The number of benzene rings is 1. The van der Waals surface area contributed by atoms with E-state index >= 15 is 0 Å². The Balaban J connectivity index is 1.76. The average Bonchev–Trinajstić information content (AvgIpc) is 2.87. The average molecular weight is 298 g/mol. The van der Waals surface area contributed by atoms with Crippen LogP contribution < -0.4 is 4.74 Å². The first-order valence-corrected chi connectivity index (χ1v) is 7.02. The molecule has 2 heterocycles. The summed E-state index contributed by atoms with van der Waals surface area (Å²) >= 11 is 6.13. The molecule has 2 aliphatic heterocycles. The summed E-state index contributed by atoms with van der Waals surface area (Å²) < 4.78 is 10.9. The molecule has 108 valence electrons. The van der Waals surface area contributed by atoms with Crippen LogP contribution in [0, 0.1) is 0 Å². The summed E-state index contributed by atoms with van der Waals surface area (Å²) in [6, 6.07) is 3.84. The number of halogens is 1. The fourth-order valence-electron chi connectivity index (χ4n) is 2.70. The molecule has 0 saturated carbocycles. The molecule has 1 atom stereocenters. The number of fused-ring (bicyclic) bond motifs is 1. The highest BCUT2D eigenvalue weighted by atomic mass is 35.5. The van der Waals surface area contributed by atoms with E-state index in [9.17, 15) is 4.79 Å². The van der Waals surface area contributed by atoms with Gasteiger partial charge in [-0.05, 0) is 17.7 Å². The Morgan fingerprint density at radius 1 is 1.45 bits per heavy atom. The fraction of sp³-hybridized carbons (Fsp3) is 0.500. The molecule has 0 bridgehead atoms. The van der Waals surface area contributed by atoms with Crippen LogP contribution in [-0.2, 0) is 22.5 Å². The number of aliphatic carboxylic acids is 1. The molecule has 1 unspecified atom stereocenters. The second-order valence-electron chi connectivity index (χ2n) is 5.08. The van der Waals surface area contributed by atoms with E-state index in [4.69, 9.17) is 26.2 Å². The second kappa shape index (κ2) is 5.60. The van der Waals surface area contributed by atoms with E-state index in [1.165, 1.54) is 0 Å². The number of hydrogen-bond acceptors (Lipinski definition) is 4. The Morgan fingerprint density at radius 3 is 3.10 bits per heavy atom. The van der Waals surface area contributed by atoms with Crippen LogP contribution in [0.3, 0.4) is 0 Å². The third kappa shape index (κ3) is 2.75. The summed E-state index contributed by atoms with van der Waals surface area (Å²) in [6.45, 7) is 2.85. The van der Waals surface area contributed by atoms with Crippen LogP contribution in [0.5, 0.6) is 5.75 Å². The molecule has 2 aliphatic rings. The Morgan fingerprint density at radius 2 is 2.30 bits per heavy atom.